The fourth-order valence-electron chi connectivity index (χ4n) is 2.12. The molecule has 0 aliphatic carbocycles. The Morgan fingerprint density at radius 3 is 2.75 bits per heavy atom. The highest BCUT2D eigenvalue weighted by atomic mass is 32.2. The molecule has 112 valence electrons. The number of sulfone groups is 1. The smallest absolute Gasteiger partial charge is 0.187 e. The quantitative estimate of drug-likeness (QED) is 0.784. The van der Waals surface area contributed by atoms with Gasteiger partial charge in [0.15, 0.2) is 20.8 Å². The number of hydrogen-bond donors (Lipinski definition) is 0. The highest BCUT2D eigenvalue weighted by Crippen LogP contribution is 2.32. The van der Waals surface area contributed by atoms with Crippen molar-refractivity contribution in [1.29, 1.82) is 0 Å². The van der Waals surface area contributed by atoms with E-state index in [4.69, 9.17) is 0 Å². The number of thiazole rings is 1. The van der Waals surface area contributed by atoms with Crippen LogP contribution in [0, 0.1) is 6.92 Å². The predicted octanol–water partition coefficient (Wildman–Crippen LogP) is 1.97. The summed E-state index contributed by atoms with van der Waals surface area (Å²) in [6.07, 6.45) is 0. The fourth-order valence-corrected chi connectivity index (χ4v) is 6.20. The zero-order chi connectivity index (χ0) is 14.9. The summed E-state index contributed by atoms with van der Waals surface area (Å²) in [4.78, 5) is 18.4. The van der Waals surface area contributed by atoms with Crippen LogP contribution in [0.4, 0.5) is 5.13 Å². The molecule has 1 atom stereocenters. The second-order valence-electron chi connectivity index (χ2n) is 4.64. The van der Waals surface area contributed by atoms with Gasteiger partial charge in [-0.3, -0.25) is 4.79 Å². The molecule has 1 aromatic rings. The number of aromatic nitrogens is 1. The Morgan fingerprint density at radius 2 is 2.20 bits per heavy atom. The van der Waals surface area contributed by atoms with Crippen LogP contribution in [0.1, 0.15) is 29.2 Å². The molecule has 20 heavy (non-hydrogen) atoms. The first kappa shape index (κ1) is 15.8. The largest absolute Gasteiger partial charge is 0.329 e. The third kappa shape index (κ3) is 3.01. The highest BCUT2D eigenvalue weighted by molar-refractivity contribution is 8.01. The molecule has 1 unspecified atom stereocenters. The van der Waals surface area contributed by atoms with Crippen LogP contribution >= 0.6 is 23.1 Å². The summed E-state index contributed by atoms with van der Waals surface area (Å²) in [5.74, 6) is 1.54. The molecule has 1 aliphatic rings. The van der Waals surface area contributed by atoms with Crippen molar-refractivity contribution in [1.82, 2.24) is 4.98 Å². The number of thioether (sulfide) groups is 1. The molecule has 8 heteroatoms. The molecular formula is C12H18N2O3S3. The number of ketones is 1. The lowest BCUT2D eigenvalue weighted by atomic mass is 10.3. The normalized spacial score (nSPS) is 20.1. The van der Waals surface area contributed by atoms with Gasteiger partial charge in [0.25, 0.3) is 0 Å². The number of nitrogens with zero attached hydrogens (tertiary/aromatic N) is 2. The number of carbonyl (C=O) groups excluding carboxylic acids is 1. The van der Waals surface area contributed by atoms with Gasteiger partial charge in [-0.2, -0.15) is 11.8 Å². The topological polar surface area (TPSA) is 67.3 Å². The van der Waals surface area contributed by atoms with Gasteiger partial charge in [-0.15, -0.1) is 0 Å². The summed E-state index contributed by atoms with van der Waals surface area (Å²) < 4.78 is 24.4. The molecule has 1 fully saturated rings. The second kappa shape index (κ2) is 6.03. The standard InChI is InChI=1S/C12H18N2O3S3/c1-4-20(16,17)10-7-18-6-5-14(10)12-13-8(2)11(19-12)9(3)15/h10H,4-7H2,1-3H3. The predicted molar refractivity (Wildman–Crippen MR) is 84.8 cm³/mol. The number of hydrogen-bond acceptors (Lipinski definition) is 7. The molecule has 0 radical (unpaired) electrons. The van der Waals surface area contributed by atoms with E-state index >= 15 is 0 Å². The van der Waals surface area contributed by atoms with Gasteiger partial charge in [-0.1, -0.05) is 18.3 Å². The summed E-state index contributed by atoms with van der Waals surface area (Å²) in [5.41, 5.74) is 0.684. The van der Waals surface area contributed by atoms with Crippen LogP contribution in [0.25, 0.3) is 0 Å². The monoisotopic (exact) mass is 334 g/mol. The van der Waals surface area contributed by atoms with Crippen LogP contribution in [0.15, 0.2) is 0 Å². The van der Waals surface area contributed by atoms with Gasteiger partial charge in [0, 0.05) is 30.7 Å². The van der Waals surface area contributed by atoms with Crippen LogP contribution in [-0.4, -0.2) is 48.4 Å². The van der Waals surface area contributed by atoms with Crippen LogP contribution in [0.2, 0.25) is 0 Å². The van der Waals surface area contributed by atoms with E-state index in [0.717, 1.165) is 5.75 Å². The molecule has 0 aromatic carbocycles. The van der Waals surface area contributed by atoms with Gasteiger partial charge in [-0.05, 0) is 6.92 Å². The maximum atomic E-state index is 12.2. The molecule has 1 saturated heterocycles. The maximum Gasteiger partial charge on any atom is 0.187 e. The van der Waals surface area contributed by atoms with Crippen LogP contribution in [0.3, 0.4) is 0 Å². The Labute approximate surface area is 127 Å². The Morgan fingerprint density at radius 1 is 1.50 bits per heavy atom. The maximum absolute atomic E-state index is 12.2. The molecule has 0 amide bonds. The average molecular weight is 334 g/mol. The van der Waals surface area contributed by atoms with E-state index in [1.165, 1.54) is 18.3 Å². The van der Waals surface area contributed by atoms with E-state index in [2.05, 4.69) is 4.98 Å². The van der Waals surface area contributed by atoms with Gasteiger partial charge < -0.3 is 4.90 Å². The lowest BCUT2D eigenvalue weighted by molar-refractivity contribution is 0.102. The summed E-state index contributed by atoms with van der Waals surface area (Å²) in [6.45, 7) is 5.62. The number of Topliss-reactive ketones (excluding diaryl/α,β-unsaturated/α-hetero) is 1. The van der Waals surface area contributed by atoms with Crippen molar-refractivity contribution in [3.8, 4) is 0 Å². The first-order valence-electron chi connectivity index (χ1n) is 6.41. The minimum absolute atomic E-state index is 0.0208. The second-order valence-corrected chi connectivity index (χ2v) is 9.22. The summed E-state index contributed by atoms with van der Waals surface area (Å²) >= 11 is 2.95. The molecule has 0 bridgehead atoms. The average Bonchev–Trinajstić information content (AvgIpc) is 2.81. The molecule has 5 nitrogen and oxygen atoms in total. The van der Waals surface area contributed by atoms with Crippen molar-refractivity contribution in [2.75, 3.05) is 28.7 Å². The molecule has 0 N–H and O–H groups in total. The molecule has 0 spiro atoms. The lowest BCUT2D eigenvalue weighted by Gasteiger charge is -2.34. The van der Waals surface area contributed by atoms with E-state index in [1.54, 1.807) is 25.6 Å². The number of anilines is 1. The molecule has 2 rings (SSSR count). The SMILES string of the molecule is CCS(=O)(=O)C1CSCCN1c1nc(C)c(C(C)=O)s1. The summed E-state index contributed by atoms with van der Waals surface area (Å²) in [6, 6.07) is 0. The van der Waals surface area contributed by atoms with E-state index in [9.17, 15) is 13.2 Å². The first-order chi connectivity index (χ1) is 9.36. The van der Waals surface area contributed by atoms with Gasteiger partial charge in [0.2, 0.25) is 0 Å². The van der Waals surface area contributed by atoms with Crippen molar-refractivity contribution in [2.24, 2.45) is 0 Å². The van der Waals surface area contributed by atoms with Gasteiger partial charge in [-0.25, -0.2) is 13.4 Å². The van der Waals surface area contributed by atoms with E-state index in [0.29, 0.717) is 28.0 Å². The van der Waals surface area contributed by atoms with Crippen LogP contribution < -0.4 is 4.90 Å². The minimum Gasteiger partial charge on any atom is -0.329 e. The van der Waals surface area contributed by atoms with E-state index < -0.39 is 15.2 Å². The molecule has 2 heterocycles. The van der Waals surface area contributed by atoms with Crippen LogP contribution in [-0.2, 0) is 9.84 Å². The van der Waals surface area contributed by atoms with Crippen molar-refractivity contribution in [3.05, 3.63) is 10.6 Å². The lowest BCUT2D eigenvalue weighted by Crippen LogP contribution is -2.48. The zero-order valence-corrected chi connectivity index (χ0v) is 14.2. The minimum atomic E-state index is -3.16. The summed E-state index contributed by atoms with van der Waals surface area (Å²) in [5, 5.41) is 0.117. The van der Waals surface area contributed by atoms with Crippen molar-refractivity contribution < 1.29 is 13.2 Å². The number of rotatable bonds is 4. The molecule has 1 aromatic heterocycles. The first-order valence-corrected chi connectivity index (χ1v) is 10.1. The van der Waals surface area contributed by atoms with E-state index in [-0.39, 0.29) is 11.5 Å². The third-order valence-corrected chi connectivity index (χ3v) is 7.84. The molecule has 0 saturated carbocycles. The van der Waals surface area contributed by atoms with Crippen molar-refractivity contribution in [3.63, 3.8) is 0 Å². The fraction of sp³-hybridized carbons (Fsp3) is 0.667. The number of aryl methyl sites for hydroxylation is 1. The van der Waals surface area contributed by atoms with Crippen LogP contribution in [0.5, 0.6) is 0 Å². The van der Waals surface area contributed by atoms with Crippen molar-refractivity contribution >= 4 is 43.9 Å². The van der Waals surface area contributed by atoms with Gasteiger partial charge >= 0.3 is 0 Å². The summed E-state index contributed by atoms with van der Waals surface area (Å²) in [7, 11) is -3.16. The van der Waals surface area contributed by atoms with Gasteiger partial charge in [0.1, 0.15) is 5.37 Å². The zero-order valence-electron chi connectivity index (χ0n) is 11.7. The third-order valence-electron chi connectivity index (χ3n) is 3.25. The Hall–Kier alpha value is -0.600. The number of carbonyl (C=O) groups is 1. The Balaban J connectivity index is 2.38. The van der Waals surface area contributed by atoms with E-state index in [1.807, 2.05) is 4.90 Å². The Bertz CT molecular complexity index is 609. The molecular weight excluding hydrogens is 316 g/mol. The molecule has 1 aliphatic heterocycles. The van der Waals surface area contributed by atoms with Crippen molar-refractivity contribution in [2.45, 2.75) is 26.1 Å². The highest BCUT2D eigenvalue weighted by Gasteiger charge is 2.34. The van der Waals surface area contributed by atoms with Gasteiger partial charge in [0.05, 0.1) is 10.6 Å². The Kier molecular flexibility index (Phi) is 4.76.